The quantitative estimate of drug-likeness (QED) is 0.686. The number of ether oxygens (including phenoxy) is 1. The Morgan fingerprint density at radius 1 is 1.08 bits per heavy atom. The highest BCUT2D eigenvalue weighted by molar-refractivity contribution is 5.96. The maximum absolute atomic E-state index is 10.9. The Kier molecular flexibility index (Phi) is 4.62. The summed E-state index contributed by atoms with van der Waals surface area (Å²) in [6, 6.07) is 19.9. The molecule has 3 heteroatoms. The third-order valence-corrected chi connectivity index (χ3v) is 3.80. The minimum absolute atomic E-state index is 0.438. The van der Waals surface area contributed by atoms with E-state index in [1.165, 1.54) is 5.56 Å². The molecule has 0 aliphatic rings. The van der Waals surface area contributed by atoms with E-state index < -0.39 is 5.97 Å². The molecule has 0 amide bonds. The number of hydrogen-bond donors (Lipinski definition) is 1. The van der Waals surface area contributed by atoms with Crippen LogP contribution in [0, 0.1) is 6.92 Å². The first-order chi connectivity index (χ1) is 11.6. The lowest BCUT2D eigenvalue weighted by molar-refractivity contribution is -0.131. The second-order valence-corrected chi connectivity index (χ2v) is 5.65. The van der Waals surface area contributed by atoms with Crippen LogP contribution in [0.2, 0.25) is 0 Å². The maximum Gasteiger partial charge on any atom is 0.328 e. The highest BCUT2D eigenvalue weighted by Gasteiger charge is 2.07. The van der Waals surface area contributed by atoms with Crippen molar-refractivity contribution in [3.05, 3.63) is 83.4 Å². The summed E-state index contributed by atoms with van der Waals surface area (Å²) in [7, 11) is 0. The van der Waals surface area contributed by atoms with E-state index >= 15 is 0 Å². The van der Waals surface area contributed by atoms with Gasteiger partial charge < -0.3 is 9.84 Å². The lowest BCUT2D eigenvalue weighted by Crippen LogP contribution is -1.98. The normalized spacial score (nSPS) is 11.0. The predicted molar refractivity (Wildman–Crippen MR) is 96.1 cm³/mol. The molecule has 0 saturated carbocycles. The first-order valence-corrected chi connectivity index (χ1v) is 7.74. The van der Waals surface area contributed by atoms with Gasteiger partial charge in [-0.25, -0.2) is 4.79 Å². The number of carboxylic acids is 1. The van der Waals surface area contributed by atoms with E-state index in [0.29, 0.717) is 12.4 Å². The summed E-state index contributed by atoms with van der Waals surface area (Å²) in [5.41, 5.74) is 3.04. The van der Waals surface area contributed by atoms with Gasteiger partial charge in [-0.1, -0.05) is 60.2 Å². The van der Waals surface area contributed by atoms with E-state index in [-0.39, 0.29) is 0 Å². The summed E-state index contributed by atoms with van der Waals surface area (Å²) in [6.07, 6.45) is 2.73. The van der Waals surface area contributed by atoms with E-state index in [4.69, 9.17) is 9.84 Å². The molecule has 0 unspecified atom stereocenters. The predicted octanol–water partition coefficient (Wildman–Crippen LogP) is 4.83. The van der Waals surface area contributed by atoms with Crippen LogP contribution in [-0.4, -0.2) is 11.1 Å². The molecule has 0 heterocycles. The standard InChI is InChI=1S/C21H18O3/c1-15-5-4-6-16(13-15)14-24-20-11-9-17-7-2-3-8-18(17)19(20)10-12-21(22)23/h2-13H,14H2,1H3,(H,22,23). The molecule has 3 nitrogen and oxygen atoms in total. The highest BCUT2D eigenvalue weighted by atomic mass is 16.5. The molecule has 0 aliphatic heterocycles. The number of aliphatic carboxylic acids is 1. The fourth-order valence-electron chi connectivity index (χ4n) is 2.69. The molecule has 0 spiro atoms. The smallest absolute Gasteiger partial charge is 0.328 e. The van der Waals surface area contributed by atoms with E-state index in [2.05, 4.69) is 6.07 Å². The van der Waals surface area contributed by atoms with Crippen molar-refractivity contribution >= 4 is 22.8 Å². The highest BCUT2D eigenvalue weighted by Crippen LogP contribution is 2.30. The largest absolute Gasteiger partial charge is 0.488 e. The summed E-state index contributed by atoms with van der Waals surface area (Å²) in [4.78, 5) is 10.9. The average Bonchev–Trinajstić information content (AvgIpc) is 2.58. The molecule has 0 aromatic heterocycles. The summed E-state index contributed by atoms with van der Waals surface area (Å²) in [5.74, 6) is -0.305. The van der Waals surface area contributed by atoms with E-state index in [1.807, 2.05) is 61.5 Å². The molecular weight excluding hydrogens is 300 g/mol. The van der Waals surface area contributed by atoms with E-state index in [1.54, 1.807) is 6.08 Å². The average molecular weight is 318 g/mol. The Bertz CT molecular complexity index is 910. The van der Waals surface area contributed by atoms with Gasteiger partial charge in [0.2, 0.25) is 0 Å². The van der Waals surface area contributed by atoms with Gasteiger partial charge in [0.05, 0.1) is 0 Å². The van der Waals surface area contributed by atoms with Gasteiger partial charge >= 0.3 is 5.97 Å². The van der Waals surface area contributed by atoms with Gasteiger partial charge in [0.15, 0.2) is 0 Å². The van der Waals surface area contributed by atoms with Crippen LogP contribution < -0.4 is 4.74 Å². The lowest BCUT2D eigenvalue weighted by atomic mass is 10.0. The number of aryl methyl sites for hydroxylation is 1. The topological polar surface area (TPSA) is 46.5 Å². The molecule has 3 aromatic rings. The van der Waals surface area contributed by atoms with Crippen molar-refractivity contribution in [2.45, 2.75) is 13.5 Å². The molecule has 0 aliphatic carbocycles. The molecule has 0 bridgehead atoms. The monoisotopic (exact) mass is 318 g/mol. The van der Waals surface area contributed by atoms with Crippen LogP contribution in [-0.2, 0) is 11.4 Å². The van der Waals surface area contributed by atoms with Crippen LogP contribution >= 0.6 is 0 Å². The van der Waals surface area contributed by atoms with Crippen molar-refractivity contribution in [2.75, 3.05) is 0 Å². The van der Waals surface area contributed by atoms with Crippen LogP contribution in [0.4, 0.5) is 0 Å². The fraction of sp³-hybridized carbons (Fsp3) is 0.0952. The summed E-state index contributed by atoms with van der Waals surface area (Å²) in [5, 5.41) is 11.0. The van der Waals surface area contributed by atoms with Gasteiger partial charge in [-0.05, 0) is 35.4 Å². The zero-order chi connectivity index (χ0) is 16.9. The van der Waals surface area contributed by atoms with Crippen molar-refractivity contribution in [2.24, 2.45) is 0 Å². The van der Waals surface area contributed by atoms with Crippen LogP contribution in [0.15, 0.2) is 66.7 Å². The van der Waals surface area contributed by atoms with Gasteiger partial charge in [0.25, 0.3) is 0 Å². The number of carboxylic acid groups (broad SMARTS) is 1. The Hall–Kier alpha value is -3.07. The molecule has 3 aromatic carbocycles. The van der Waals surface area contributed by atoms with Crippen molar-refractivity contribution < 1.29 is 14.6 Å². The Morgan fingerprint density at radius 3 is 2.71 bits per heavy atom. The molecule has 24 heavy (non-hydrogen) atoms. The first-order valence-electron chi connectivity index (χ1n) is 7.74. The van der Waals surface area contributed by atoms with Gasteiger partial charge in [-0.3, -0.25) is 0 Å². The minimum Gasteiger partial charge on any atom is -0.488 e. The molecule has 0 atom stereocenters. The van der Waals surface area contributed by atoms with Crippen molar-refractivity contribution in [3.8, 4) is 5.75 Å². The summed E-state index contributed by atoms with van der Waals surface area (Å²) < 4.78 is 5.97. The van der Waals surface area contributed by atoms with Crippen LogP contribution in [0.5, 0.6) is 5.75 Å². The Morgan fingerprint density at radius 2 is 1.92 bits per heavy atom. The van der Waals surface area contributed by atoms with Crippen molar-refractivity contribution in [3.63, 3.8) is 0 Å². The third kappa shape index (κ3) is 3.63. The zero-order valence-corrected chi connectivity index (χ0v) is 13.4. The molecule has 0 radical (unpaired) electrons. The molecule has 1 N–H and O–H groups in total. The maximum atomic E-state index is 10.9. The fourth-order valence-corrected chi connectivity index (χ4v) is 2.69. The number of benzene rings is 3. The van der Waals surface area contributed by atoms with Crippen LogP contribution in [0.25, 0.3) is 16.8 Å². The molecule has 0 fully saturated rings. The van der Waals surface area contributed by atoms with Gasteiger partial charge in [-0.2, -0.15) is 0 Å². The SMILES string of the molecule is Cc1cccc(COc2ccc3ccccc3c2C=CC(=O)O)c1. The van der Waals surface area contributed by atoms with Crippen molar-refractivity contribution in [1.29, 1.82) is 0 Å². The number of rotatable bonds is 5. The van der Waals surface area contributed by atoms with Crippen LogP contribution in [0.1, 0.15) is 16.7 Å². The Labute approximate surface area is 140 Å². The van der Waals surface area contributed by atoms with Crippen LogP contribution in [0.3, 0.4) is 0 Å². The van der Waals surface area contributed by atoms with Gasteiger partial charge in [0.1, 0.15) is 12.4 Å². The first kappa shape index (κ1) is 15.8. The van der Waals surface area contributed by atoms with Gasteiger partial charge in [0, 0.05) is 11.6 Å². The second kappa shape index (κ2) is 7.01. The van der Waals surface area contributed by atoms with E-state index in [0.717, 1.165) is 28.0 Å². The molecule has 120 valence electrons. The Balaban J connectivity index is 1.97. The van der Waals surface area contributed by atoms with Gasteiger partial charge in [-0.15, -0.1) is 0 Å². The van der Waals surface area contributed by atoms with Crippen molar-refractivity contribution in [1.82, 2.24) is 0 Å². The second-order valence-electron chi connectivity index (χ2n) is 5.65. The third-order valence-electron chi connectivity index (χ3n) is 3.80. The number of hydrogen-bond acceptors (Lipinski definition) is 2. The summed E-state index contributed by atoms with van der Waals surface area (Å²) in [6.45, 7) is 2.48. The molecular formula is C21H18O3. The summed E-state index contributed by atoms with van der Waals surface area (Å²) >= 11 is 0. The number of carbonyl (C=O) groups is 1. The lowest BCUT2D eigenvalue weighted by Gasteiger charge is -2.12. The molecule has 3 rings (SSSR count). The zero-order valence-electron chi connectivity index (χ0n) is 13.4. The van der Waals surface area contributed by atoms with E-state index in [9.17, 15) is 4.79 Å². The molecule has 0 saturated heterocycles. The number of fused-ring (bicyclic) bond motifs is 1. The minimum atomic E-state index is -0.979.